The molecule has 0 radical (unpaired) electrons. The molecule has 0 fully saturated rings. The Labute approximate surface area is 112 Å². The van der Waals surface area contributed by atoms with Crippen LogP contribution in [0, 0.1) is 0 Å². The van der Waals surface area contributed by atoms with Crippen molar-refractivity contribution >= 4 is 27.3 Å². The van der Waals surface area contributed by atoms with Crippen molar-refractivity contribution in [2.75, 3.05) is 6.61 Å². The van der Waals surface area contributed by atoms with Crippen LogP contribution in [-0.4, -0.2) is 26.7 Å². The van der Waals surface area contributed by atoms with Gasteiger partial charge in [-0.05, 0) is 28.1 Å². The number of nitrogens with one attached hydrogen (secondary N) is 1. The quantitative estimate of drug-likeness (QED) is 0.845. The highest BCUT2D eigenvalue weighted by atomic mass is 79.9. The highest BCUT2D eigenvalue weighted by molar-refractivity contribution is 9.11. The summed E-state index contributed by atoms with van der Waals surface area (Å²) in [5.41, 5.74) is 0.883. The van der Waals surface area contributed by atoms with E-state index in [0.717, 1.165) is 16.0 Å². The van der Waals surface area contributed by atoms with E-state index in [0.29, 0.717) is 13.1 Å². The third-order valence-corrected chi connectivity index (χ3v) is 3.77. The molecule has 0 spiro atoms. The van der Waals surface area contributed by atoms with E-state index in [4.69, 9.17) is 5.11 Å². The van der Waals surface area contributed by atoms with E-state index in [1.165, 1.54) is 4.88 Å². The van der Waals surface area contributed by atoms with Crippen molar-refractivity contribution in [1.82, 2.24) is 20.3 Å². The van der Waals surface area contributed by atoms with Crippen molar-refractivity contribution in [3.8, 4) is 0 Å². The topological polar surface area (TPSA) is 63.0 Å². The fraction of sp³-hybridized carbons (Fsp3) is 0.400. The number of hydrogen-bond donors (Lipinski definition) is 2. The van der Waals surface area contributed by atoms with E-state index in [9.17, 15) is 0 Å². The number of halogens is 1. The standard InChI is InChI=1S/C10H13BrN4OS/c11-10-2-1-9(17-10)6-12-5-8-7-15(3-4-16)14-13-8/h1-2,7,12,16H,3-6H2. The zero-order valence-corrected chi connectivity index (χ0v) is 11.5. The average molecular weight is 317 g/mol. The maximum Gasteiger partial charge on any atom is 0.0964 e. The number of aliphatic hydroxyl groups is 1. The summed E-state index contributed by atoms with van der Waals surface area (Å²) in [6.07, 6.45) is 1.84. The van der Waals surface area contributed by atoms with Gasteiger partial charge in [-0.25, -0.2) is 4.68 Å². The lowest BCUT2D eigenvalue weighted by Gasteiger charge is -1.98. The number of nitrogens with zero attached hydrogens (tertiary/aromatic N) is 3. The van der Waals surface area contributed by atoms with Crippen molar-refractivity contribution in [1.29, 1.82) is 0 Å². The van der Waals surface area contributed by atoms with Crippen LogP contribution in [0.2, 0.25) is 0 Å². The van der Waals surface area contributed by atoms with Crippen molar-refractivity contribution < 1.29 is 5.11 Å². The molecule has 0 aromatic carbocycles. The van der Waals surface area contributed by atoms with Crippen molar-refractivity contribution in [3.63, 3.8) is 0 Å². The van der Waals surface area contributed by atoms with Gasteiger partial charge in [-0.1, -0.05) is 5.21 Å². The molecule has 2 aromatic rings. The Hall–Kier alpha value is -0.760. The molecule has 7 heteroatoms. The minimum atomic E-state index is 0.0828. The molecule has 2 heterocycles. The summed E-state index contributed by atoms with van der Waals surface area (Å²) in [5, 5.41) is 19.9. The number of thiophene rings is 1. The Morgan fingerprint density at radius 2 is 2.29 bits per heavy atom. The van der Waals surface area contributed by atoms with Gasteiger partial charge in [-0.15, -0.1) is 16.4 Å². The molecule has 2 aromatic heterocycles. The van der Waals surface area contributed by atoms with Crippen LogP contribution >= 0.6 is 27.3 Å². The van der Waals surface area contributed by atoms with E-state index in [1.807, 2.05) is 12.3 Å². The monoisotopic (exact) mass is 316 g/mol. The predicted molar refractivity (Wildman–Crippen MR) is 69.7 cm³/mol. The van der Waals surface area contributed by atoms with Crippen LogP contribution < -0.4 is 5.32 Å². The SMILES string of the molecule is OCCn1cc(CNCc2ccc(Br)s2)nn1. The highest BCUT2D eigenvalue weighted by Gasteiger charge is 2.01. The zero-order chi connectivity index (χ0) is 12.1. The lowest BCUT2D eigenvalue weighted by Crippen LogP contribution is -2.12. The fourth-order valence-corrected chi connectivity index (χ4v) is 2.84. The summed E-state index contributed by atoms with van der Waals surface area (Å²) < 4.78 is 2.78. The fourth-order valence-electron chi connectivity index (χ4n) is 1.39. The van der Waals surface area contributed by atoms with Gasteiger partial charge in [-0.2, -0.15) is 0 Å². The van der Waals surface area contributed by atoms with Gasteiger partial charge >= 0.3 is 0 Å². The van der Waals surface area contributed by atoms with Crippen LogP contribution in [-0.2, 0) is 19.6 Å². The minimum Gasteiger partial charge on any atom is -0.394 e. The van der Waals surface area contributed by atoms with Crippen molar-refractivity contribution in [3.05, 3.63) is 32.7 Å². The van der Waals surface area contributed by atoms with E-state index < -0.39 is 0 Å². The third kappa shape index (κ3) is 3.88. The highest BCUT2D eigenvalue weighted by Crippen LogP contribution is 2.21. The molecule has 0 unspecified atom stereocenters. The smallest absolute Gasteiger partial charge is 0.0964 e. The lowest BCUT2D eigenvalue weighted by atomic mass is 10.4. The summed E-state index contributed by atoms with van der Waals surface area (Å²) in [5.74, 6) is 0. The molecule has 0 saturated heterocycles. The molecule has 2 rings (SSSR count). The number of aromatic nitrogens is 3. The Morgan fingerprint density at radius 3 is 3.00 bits per heavy atom. The molecule has 0 aliphatic rings. The molecule has 17 heavy (non-hydrogen) atoms. The molecule has 0 bridgehead atoms. The Balaban J connectivity index is 1.77. The molecular formula is C10H13BrN4OS. The van der Waals surface area contributed by atoms with Crippen LogP contribution in [0.3, 0.4) is 0 Å². The Bertz CT molecular complexity index is 470. The second-order valence-corrected chi connectivity index (χ2v) is 6.05. The first-order valence-corrected chi connectivity index (χ1v) is 6.83. The first-order chi connectivity index (χ1) is 8.28. The summed E-state index contributed by atoms with van der Waals surface area (Å²) in [7, 11) is 0. The Morgan fingerprint density at radius 1 is 1.41 bits per heavy atom. The van der Waals surface area contributed by atoms with E-state index >= 15 is 0 Å². The maximum atomic E-state index is 8.75. The van der Waals surface area contributed by atoms with Gasteiger partial charge in [0.25, 0.3) is 0 Å². The second kappa shape index (κ2) is 6.25. The zero-order valence-electron chi connectivity index (χ0n) is 9.14. The van der Waals surface area contributed by atoms with Gasteiger partial charge < -0.3 is 10.4 Å². The van der Waals surface area contributed by atoms with Gasteiger partial charge in [0.15, 0.2) is 0 Å². The second-order valence-electron chi connectivity index (χ2n) is 3.51. The molecular weight excluding hydrogens is 304 g/mol. The maximum absolute atomic E-state index is 8.75. The number of aliphatic hydroxyl groups excluding tert-OH is 1. The van der Waals surface area contributed by atoms with Gasteiger partial charge in [-0.3, -0.25) is 0 Å². The van der Waals surface area contributed by atoms with E-state index in [2.05, 4.69) is 37.6 Å². The Kier molecular flexibility index (Phi) is 4.66. The van der Waals surface area contributed by atoms with Crippen molar-refractivity contribution in [2.24, 2.45) is 0 Å². The summed E-state index contributed by atoms with van der Waals surface area (Å²) in [6, 6.07) is 4.13. The van der Waals surface area contributed by atoms with Crippen molar-refractivity contribution in [2.45, 2.75) is 19.6 Å². The predicted octanol–water partition coefficient (Wildman–Crippen LogP) is 1.38. The third-order valence-electron chi connectivity index (χ3n) is 2.15. The first-order valence-electron chi connectivity index (χ1n) is 5.23. The van der Waals surface area contributed by atoms with Crippen LogP contribution in [0.25, 0.3) is 0 Å². The van der Waals surface area contributed by atoms with Gasteiger partial charge in [0.2, 0.25) is 0 Å². The van der Waals surface area contributed by atoms with Gasteiger partial charge in [0.05, 0.1) is 22.6 Å². The first kappa shape index (κ1) is 12.7. The van der Waals surface area contributed by atoms with Gasteiger partial charge in [0, 0.05) is 24.2 Å². The molecule has 0 aliphatic carbocycles. The molecule has 0 amide bonds. The molecule has 2 N–H and O–H groups in total. The molecule has 0 saturated carbocycles. The number of rotatable bonds is 6. The van der Waals surface area contributed by atoms with E-state index in [1.54, 1.807) is 16.0 Å². The van der Waals surface area contributed by atoms with Crippen LogP contribution in [0.4, 0.5) is 0 Å². The molecule has 0 aliphatic heterocycles. The summed E-state index contributed by atoms with van der Waals surface area (Å²) >= 11 is 5.15. The van der Waals surface area contributed by atoms with Crippen LogP contribution in [0.1, 0.15) is 10.6 Å². The summed E-state index contributed by atoms with van der Waals surface area (Å²) in [6.45, 7) is 2.08. The largest absolute Gasteiger partial charge is 0.394 e. The van der Waals surface area contributed by atoms with Crippen LogP contribution in [0.5, 0.6) is 0 Å². The van der Waals surface area contributed by atoms with E-state index in [-0.39, 0.29) is 6.61 Å². The molecule has 0 atom stereocenters. The minimum absolute atomic E-state index is 0.0828. The number of hydrogen-bond acceptors (Lipinski definition) is 5. The molecule has 5 nitrogen and oxygen atoms in total. The normalized spacial score (nSPS) is 10.9. The molecule has 92 valence electrons. The van der Waals surface area contributed by atoms with Crippen LogP contribution in [0.15, 0.2) is 22.1 Å². The van der Waals surface area contributed by atoms with Gasteiger partial charge in [0.1, 0.15) is 0 Å². The summed E-state index contributed by atoms with van der Waals surface area (Å²) in [4.78, 5) is 1.28. The lowest BCUT2D eigenvalue weighted by molar-refractivity contribution is 0.268. The average Bonchev–Trinajstić information content (AvgIpc) is 2.89.